The molecular formula is C16H24. The zero-order chi connectivity index (χ0) is 11.4. The molecule has 1 aliphatic rings. The van der Waals surface area contributed by atoms with Crippen LogP contribution in [0.1, 0.15) is 62.5 Å². The minimum Gasteiger partial charge on any atom is -0.0654 e. The fourth-order valence-electron chi connectivity index (χ4n) is 2.62. The molecular weight excluding hydrogens is 192 g/mol. The maximum atomic E-state index is 2.33. The Balaban J connectivity index is 1.72. The molecule has 1 saturated carbocycles. The minimum absolute atomic E-state index is 0.891. The van der Waals surface area contributed by atoms with E-state index in [1.54, 1.807) is 5.56 Å². The average Bonchev–Trinajstić information content (AvgIpc) is 3.05. The Bertz CT molecular complexity index is 309. The summed E-state index contributed by atoms with van der Waals surface area (Å²) in [5.41, 5.74) is 2.95. The summed E-state index contributed by atoms with van der Waals surface area (Å²) in [7, 11) is 0. The van der Waals surface area contributed by atoms with Crippen molar-refractivity contribution in [2.45, 2.75) is 58.3 Å². The molecule has 0 radical (unpaired) electrons. The predicted molar refractivity (Wildman–Crippen MR) is 70.8 cm³/mol. The average molecular weight is 216 g/mol. The molecule has 1 aromatic rings. The highest BCUT2D eigenvalue weighted by Crippen LogP contribution is 2.50. The molecule has 88 valence electrons. The lowest BCUT2D eigenvalue weighted by molar-refractivity contribution is 0.589. The van der Waals surface area contributed by atoms with Gasteiger partial charge in [0.2, 0.25) is 0 Å². The molecule has 1 fully saturated rings. The van der Waals surface area contributed by atoms with Crippen molar-refractivity contribution in [3.8, 4) is 0 Å². The highest BCUT2D eigenvalue weighted by atomic mass is 14.4. The number of rotatable bonds is 6. The number of hydrogen-bond donors (Lipinski definition) is 0. The molecule has 0 nitrogen and oxygen atoms in total. The van der Waals surface area contributed by atoms with Crippen LogP contribution in [0.15, 0.2) is 24.3 Å². The summed E-state index contributed by atoms with van der Waals surface area (Å²) >= 11 is 0. The van der Waals surface area contributed by atoms with Crippen molar-refractivity contribution in [3.05, 3.63) is 35.4 Å². The van der Waals surface area contributed by atoms with Gasteiger partial charge >= 0.3 is 0 Å². The molecule has 2 atom stereocenters. The molecule has 0 unspecified atom stereocenters. The molecule has 0 aliphatic heterocycles. The van der Waals surface area contributed by atoms with Gasteiger partial charge in [0.1, 0.15) is 0 Å². The molecule has 2 rings (SSSR count). The maximum absolute atomic E-state index is 2.33. The van der Waals surface area contributed by atoms with Gasteiger partial charge < -0.3 is 0 Å². The largest absolute Gasteiger partial charge is 0.0654 e. The second-order valence-electron chi connectivity index (χ2n) is 5.36. The normalized spacial score (nSPS) is 23.4. The molecule has 1 aromatic carbocycles. The van der Waals surface area contributed by atoms with E-state index in [2.05, 4.69) is 38.1 Å². The molecule has 0 heteroatoms. The molecule has 0 heterocycles. The Hall–Kier alpha value is -0.780. The molecule has 16 heavy (non-hydrogen) atoms. The van der Waals surface area contributed by atoms with E-state index in [1.165, 1.54) is 44.1 Å². The second kappa shape index (κ2) is 5.52. The summed E-state index contributed by atoms with van der Waals surface area (Å²) in [6, 6.07) is 9.15. The van der Waals surface area contributed by atoms with Crippen LogP contribution in [-0.2, 0) is 0 Å². The lowest BCUT2D eigenvalue weighted by atomic mass is 10.0. The monoisotopic (exact) mass is 216 g/mol. The van der Waals surface area contributed by atoms with Crippen molar-refractivity contribution < 1.29 is 0 Å². The van der Waals surface area contributed by atoms with Gasteiger partial charge in [-0.1, -0.05) is 62.4 Å². The Kier molecular flexibility index (Phi) is 4.04. The standard InChI is InChI=1S/C16H24/c1-3-4-5-6-7-15-12-16(15)14-10-8-13(2)9-11-14/h8-11,15-16H,3-7,12H2,1-2H3/t15-,16+/m0/s1. The first-order valence-corrected chi connectivity index (χ1v) is 6.88. The molecule has 0 N–H and O–H groups in total. The highest BCUT2D eigenvalue weighted by Gasteiger charge is 2.37. The summed E-state index contributed by atoms with van der Waals surface area (Å²) < 4.78 is 0. The summed E-state index contributed by atoms with van der Waals surface area (Å²) in [5.74, 6) is 1.89. The SMILES string of the molecule is CCCCCC[C@H]1C[C@@H]1c1ccc(C)cc1. The highest BCUT2D eigenvalue weighted by molar-refractivity contribution is 5.28. The van der Waals surface area contributed by atoms with E-state index in [0.29, 0.717) is 0 Å². The van der Waals surface area contributed by atoms with E-state index in [1.807, 2.05) is 0 Å². The lowest BCUT2D eigenvalue weighted by Gasteiger charge is -2.01. The van der Waals surface area contributed by atoms with Crippen LogP contribution in [0, 0.1) is 12.8 Å². The van der Waals surface area contributed by atoms with Crippen LogP contribution < -0.4 is 0 Å². The number of benzene rings is 1. The van der Waals surface area contributed by atoms with Crippen molar-refractivity contribution in [1.82, 2.24) is 0 Å². The van der Waals surface area contributed by atoms with Crippen LogP contribution in [0.2, 0.25) is 0 Å². The smallest absolute Gasteiger partial charge is 0.0131 e. The van der Waals surface area contributed by atoms with E-state index >= 15 is 0 Å². The summed E-state index contributed by atoms with van der Waals surface area (Å²) in [6.45, 7) is 4.45. The van der Waals surface area contributed by atoms with Crippen molar-refractivity contribution in [2.24, 2.45) is 5.92 Å². The fourth-order valence-corrected chi connectivity index (χ4v) is 2.62. The molecule has 0 saturated heterocycles. The van der Waals surface area contributed by atoms with Gasteiger partial charge in [-0.2, -0.15) is 0 Å². The molecule has 0 amide bonds. The summed E-state index contributed by atoms with van der Waals surface area (Å²) in [4.78, 5) is 0. The van der Waals surface area contributed by atoms with E-state index in [9.17, 15) is 0 Å². The zero-order valence-electron chi connectivity index (χ0n) is 10.7. The maximum Gasteiger partial charge on any atom is -0.0131 e. The molecule has 0 spiro atoms. The van der Waals surface area contributed by atoms with Crippen molar-refractivity contribution in [3.63, 3.8) is 0 Å². The summed E-state index contributed by atoms with van der Waals surface area (Å²) in [5, 5.41) is 0. The van der Waals surface area contributed by atoms with Gasteiger partial charge in [-0.25, -0.2) is 0 Å². The van der Waals surface area contributed by atoms with Crippen molar-refractivity contribution >= 4 is 0 Å². The Labute approximate surface area is 100 Å². The first-order valence-electron chi connectivity index (χ1n) is 6.88. The Morgan fingerprint density at radius 2 is 1.81 bits per heavy atom. The van der Waals surface area contributed by atoms with Gasteiger partial charge in [0.05, 0.1) is 0 Å². The van der Waals surface area contributed by atoms with Gasteiger partial charge in [0.15, 0.2) is 0 Å². The molecule has 0 aromatic heterocycles. The topological polar surface area (TPSA) is 0 Å². The third kappa shape index (κ3) is 3.10. The molecule has 0 bridgehead atoms. The van der Waals surface area contributed by atoms with Crippen LogP contribution >= 0.6 is 0 Å². The first kappa shape index (κ1) is 11.7. The van der Waals surface area contributed by atoms with Crippen LogP contribution in [0.5, 0.6) is 0 Å². The number of hydrogen-bond acceptors (Lipinski definition) is 0. The van der Waals surface area contributed by atoms with Gasteiger partial charge in [0.25, 0.3) is 0 Å². The molecule has 1 aliphatic carbocycles. The van der Waals surface area contributed by atoms with Gasteiger partial charge in [0, 0.05) is 0 Å². The van der Waals surface area contributed by atoms with Gasteiger partial charge in [-0.3, -0.25) is 0 Å². The van der Waals surface area contributed by atoms with Crippen molar-refractivity contribution in [2.75, 3.05) is 0 Å². The Morgan fingerprint density at radius 1 is 1.06 bits per heavy atom. The third-order valence-corrected chi connectivity index (χ3v) is 3.86. The third-order valence-electron chi connectivity index (χ3n) is 3.86. The lowest BCUT2D eigenvalue weighted by Crippen LogP contribution is -1.85. The fraction of sp³-hybridized carbons (Fsp3) is 0.625. The van der Waals surface area contributed by atoms with Crippen LogP contribution in [-0.4, -0.2) is 0 Å². The summed E-state index contributed by atoms with van der Waals surface area (Å²) in [6.07, 6.45) is 8.55. The number of unbranched alkanes of at least 4 members (excludes halogenated alkanes) is 3. The second-order valence-corrected chi connectivity index (χ2v) is 5.36. The van der Waals surface area contributed by atoms with E-state index in [-0.39, 0.29) is 0 Å². The predicted octanol–water partition coefficient (Wildman–Crippen LogP) is 5.07. The van der Waals surface area contributed by atoms with E-state index < -0.39 is 0 Å². The van der Waals surface area contributed by atoms with Gasteiger partial charge in [-0.15, -0.1) is 0 Å². The van der Waals surface area contributed by atoms with Crippen LogP contribution in [0.25, 0.3) is 0 Å². The van der Waals surface area contributed by atoms with Crippen molar-refractivity contribution in [1.29, 1.82) is 0 Å². The minimum atomic E-state index is 0.891. The zero-order valence-corrected chi connectivity index (χ0v) is 10.7. The van der Waals surface area contributed by atoms with Gasteiger partial charge in [-0.05, 0) is 37.2 Å². The van der Waals surface area contributed by atoms with E-state index in [4.69, 9.17) is 0 Å². The quantitative estimate of drug-likeness (QED) is 0.582. The Morgan fingerprint density at radius 3 is 2.50 bits per heavy atom. The van der Waals surface area contributed by atoms with E-state index in [0.717, 1.165) is 11.8 Å². The van der Waals surface area contributed by atoms with Crippen LogP contribution in [0.4, 0.5) is 0 Å². The first-order chi connectivity index (χ1) is 7.81. The van der Waals surface area contributed by atoms with Crippen LogP contribution in [0.3, 0.4) is 0 Å². The number of aryl methyl sites for hydroxylation is 1.